The van der Waals surface area contributed by atoms with Gasteiger partial charge in [-0.3, -0.25) is 9.59 Å². The smallest absolute Gasteiger partial charge is 0.261 e. The van der Waals surface area contributed by atoms with Crippen LogP contribution in [0.1, 0.15) is 49.8 Å². The van der Waals surface area contributed by atoms with Crippen LogP contribution in [0.3, 0.4) is 0 Å². The van der Waals surface area contributed by atoms with E-state index in [9.17, 15) is 9.59 Å². The van der Waals surface area contributed by atoms with Gasteiger partial charge in [0.15, 0.2) is 6.61 Å². The Bertz CT molecular complexity index is 1130. The summed E-state index contributed by atoms with van der Waals surface area (Å²) in [5.41, 5.74) is 3.05. The fraction of sp³-hybridized carbons (Fsp3) is 0.355. The molecule has 196 valence electrons. The van der Waals surface area contributed by atoms with E-state index < -0.39 is 6.04 Å². The Kier molecular flexibility index (Phi) is 10.6. The van der Waals surface area contributed by atoms with Gasteiger partial charge < -0.3 is 19.7 Å². The third-order valence-corrected chi connectivity index (χ3v) is 6.22. The number of carbonyl (C=O) groups is 2. The lowest BCUT2D eigenvalue weighted by atomic mass is 10.0. The van der Waals surface area contributed by atoms with Crippen molar-refractivity contribution < 1.29 is 19.1 Å². The Balaban J connectivity index is 1.88. The number of nitrogens with one attached hydrogen (secondary N) is 1. The molecule has 6 nitrogen and oxygen atoms in total. The summed E-state index contributed by atoms with van der Waals surface area (Å²) in [7, 11) is 1.61. The molecule has 0 saturated carbocycles. The normalized spacial score (nSPS) is 11.6. The average Bonchev–Trinajstić information content (AvgIpc) is 2.93. The van der Waals surface area contributed by atoms with Crippen LogP contribution in [-0.2, 0) is 22.6 Å². The van der Waals surface area contributed by atoms with Crippen molar-refractivity contribution in [3.8, 4) is 11.5 Å². The molecule has 1 N–H and O–H groups in total. The van der Waals surface area contributed by atoms with Gasteiger partial charge >= 0.3 is 0 Å². The van der Waals surface area contributed by atoms with Crippen LogP contribution in [0.4, 0.5) is 0 Å². The summed E-state index contributed by atoms with van der Waals surface area (Å²) in [5, 5.41) is 2.99. The third-order valence-electron chi connectivity index (χ3n) is 6.22. The molecule has 6 heteroatoms. The van der Waals surface area contributed by atoms with Crippen LogP contribution in [-0.4, -0.2) is 43.0 Å². The summed E-state index contributed by atoms with van der Waals surface area (Å²) in [5.74, 6) is 1.29. The van der Waals surface area contributed by atoms with E-state index in [1.54, 1.807) is 12.0 Å². The first-order valence-corrected chi connectivity index (χ1v) is 12.9. The number of benzene rings is 3. The second kappa shape index (κ2) is 14.1. The molecule has 2 amide bonds. The first kappa shape index (κ1) is 27.8. The minimum Gasteiger partial charge on any atom is -0.497 e. The largest absolute Gasteiger partial charge is 0.497 e. The fourth-order valence-corrected chi connectivity index (χ4v) is 4.06. The van der Waals surface area contributed by atoms with Gasteiger partial charge in [0, 0.05) is 19.5 Å². The standard InChI is InChI=1S/C31H38N2O4/c1-5-18-32-31(35)29(20-24-10-7-6-8-11-24)33(21-25-12-9-13-28(19-25)36-4)30(34)22-37-27-16-14-26(15-17-27)23(2)3/h6-17,19,23,29H,5,18,20-22H2,1-4H3,(H,32,35)/t29-/m1/s1. The van der Waals surface area contributed by atoms with Gasteiger partial charge in [-0.05, 0) is 53.3 Å². The Morgan fingerprint density at radius 1 is 0.892 bits per heavy atom. The maximum absolute atomic E-state index is 13.7. The van der Waals surface area contributed by atoms with E-state index in [2.05, 4.69) is 19.2 Å². The van der Waals surface area contributed by atoms with Crippen molar-refractivity contribution in [2.45, 2.75) is 52.1 Å². The summed E-state index contributed by atoms with van der Waals surface area (Å²) < 4.78 is 11.3. The van der Waals surface area contributed by atoms with Crippen LogP contribution >= 0.6 is 0 Å². The molecule has 37 heavy (non-hydrogen) atoms. The molecule has 3 aromatic carbocycles. The van der Waals surface area contributed by atoms with E-state index in [-0.39, 0.29) is 25.0 Å². The Labute approximate surface area is 220 Å². The van der Waals surface area contributed by atoms with Crippen molar-refractivity contribution in [3.05, 3.63) is 95.6 Å². The number of carbonyl (C=O) groups excluding carboxylic acids is 2. The van der Waals surface area contributed by atoms with E-state index >= 15 is 0 Å². The minimum absolute atomic E-state index is 0.169. The highest BCUT2D eigenvalue weighted by atomic mass is 16.5. The quantitative estimate of drug-likeness (QED) is 0.342. The number of methoxy groups -OCH3 is 1. The predicted octanol–water partition coefficient (Wildman–Crippen LogP) is 5.36. The van der Waals surface area contributed by atoms with Crippen LogP contribution < -0.4 is 14.8 Å². The highest BCUT2D eigenvalue weighted by Gasteiger charge is 2.30. The predicted molar refractivity (Wildman–Crippen MR) is 147 cm³/mol. The average molecular weight is 503 g/mol. The molecule has 0 aliphatic heterocycles. The van der Waals surface area contributed by atoms with Gasteiger partial charge in [-0.1, -0.05) is 75.4 Å². The van der Waals surface area contributed by atoms with Crippen molar-refractivity contribution in [2.75, 3.05) is 20.3 Å². The minimum atomic E-state index is -0.695. The van der Waals surface area contributed by atoms with E-state index in [1.165, 1.54) is 5.56 Å². The Hall–Kier alpha value is -3.80. The molecule has 0 aliphatic carbocycles. The summed E-state index contributed by atoms with van der Waals surface area (Å²) >= 11 is 0. The van der Waals surface area contributed by atoms with E-state index in [4.69, 9.17) is 9.47 Å². The number of rotatable bonds is 13. The van der Waals surface area contributed by atoms with Crippen LogP contribution in [0.25, 0.3) is 0 Å². The van der Waals surface area contributed by atoms with E-state index in [1.807, 2.05) is 85.8 Å². The molecule has 1 atom stereocenters. The molecule has 0 unspecified atom stereocenters. The topological polar surface area (TPSA) is 67.9 Å². The third kappa shape index (κ3) is 8.38. The molecule has 3 rings (SSSR count). The number of amides is 2. The summed E-state index contributed by atoms with van der Waals surface area (Å²) in [6.45, 7) is 6.90. The highest BCUT2D eigenvalue weighted by Crippen LogP contribution is 2.21. The molecule has 0 fully saturated rings. The first-order chi connectivity index (χ1) is 17.9. The second-order valence-corrected chi connectivity index (χ2v) is 9.38. The van der Waals surface area contributed by atoms with Crippen LogP contribution in [0.2, 0.25) is 0 Å². The number of nitrogens with zero attached hydrogens (tertiary/aromatic N) is 1. The molecule has 0 bridgehead atoms. The summed E-state index contributed by atoms with van der Waals surface area (Å²) in [6.07, 6.45) is 1.21. The van der Waals surface area contributed by atoms with E-state index in [0.717, 1.165) is 17.5 Å². The van der Waals surface area contributed by atoms with Crippen molar-refractivity contribution >= 4 is 11.8 Å². The van der Waals surface area contributed by atoms with Gasteiger partial charge in [0.2, 0.25) is 5.91 Å². The number of hydrogen-bond donors (Lipinski definition) is 1. The molecule has 0 spiro atoms. The highest BCUT2D eigenvalue weighted by molar-refractivity contribution is 5.88. The van der Waals surface area contributed by atoms with Crippen LogP contribution in [0.15, 0.2) is 78.9 Å². The van der Waals surface area contributed by atoms with Gasteiger partial charge in [-0.15, -0.1) is 0 Å². The van der Waals surface area contributed by atoms with Gasteiger partial charge in [-0.2, -0.15) is 0 Å². The molecule has 0 heterocycles. The molecule has 0 radical (unpaired) electrons. The zero-order chi connectivity index (χ0) is 26.6. The maximum atomic E-state index is 13.7. The van der Waals surface area contributed by atoms with Crippen molar-refractivity contribution in [1.29, 1.82) is 0 Å². The molecule has 0 aromatic heterocycles. The van der Waals surface area contributed by atoms with Gasteiger partial charge in [-0.25, -0.2) is 0 Å². The van der Waals surface area contributed by atoms with E-state index in [0.29, 0.717) is 30.4 Å². The van der Waals surface area contributed by atoms with Gasteiger partial charge in [0.05, 0.1) is 7.11 Å². The zero-order valence-electron chi connectivity index (χ0n) is 22.3. The first-order valence-electron chi connectivity index (χ1n) is 12.9. The van der Waals surface area contributed by atoms with Crippen molar-refractivity contribution in [3.63, 3.8) is 0 Å². The Morgan fingerprint density at radius 3 is 2.24 bits per heavy atom. The monoisotopic (exact) mass is 502 g/mol. The second-order valence-electron chi connectivity index (χ2n) is 9.38. The lowest BCUT2D eigenvalue weighted by Crippen LogP contribution is -2.51. The molecule has 0 aliphatic rings. The summed E-state index contributed by atoms with van der Waals surface area (Å²) in [6, 6.07) is 24.4. The van der Waals surface area contributed by atoms with Crippen LogP contribution in [0, 0.1) is 0 Å². The molecule has 3 aromatic rings. The molecule has 0 saturated heterocycles. The summed E-state index contributed by atoms with van der Waals surface area (Å²) in [4.78, 5) is 28.6. The van der Waals surface area contributed by atoms with Gasteiger partial charge in [0.25, 0.3) is 5.91 Å². The maximum Gasteiger partial charge on any atom is 0.261 e. The lowest BCUT2D eigenvalue weighted by molar-refractivity contribution is -0.142. The fourth-order valence-electron chi connectivity index (χ4n) is 4.06. The van der Waals surface area contributed by atoms with Crippen molar-refractivity contribution in [1.82, 2.24) is 10.2 Å². The zero-order valence-corrected chi connectivity index (χ0v) is 22.3. The Morgan fingerprint density at radius 2 is 1.59 bits per heavy atom. The van der Waals surface area contributed by atoms with Gasteiger partial charge in [0.1, 0.15) is 17.5 Å². The number of hydrogen-bond acceptors (Lipinski definition) is 4. The van der Waals surface area contributed by atoms with Crippen LogP contribution in [0.5, 0.6) is 11.5 Å². The SMILES string of the molecule is CCCNC(=O)[C@@H](Cc1ccccc1)N(Cc1cccc(OC)c1)C(=O)COc1ccc(C(C)C)cc1. The molecular formula is C31H38N2O4. The lowest BCUT2D eigenvalue weighted by Gasteiger charge is -2.31. The molecular weight excluding hydrogens is 464 g/mol. The van der Waals surface area contributed by atoms with Crippen molar-refractivity contribution in [2.24, 2.45) is 0 Å². The number of ether oxygens (including phenoxy) is 2.